The fraction of sp³-hybridized carbons (Fsp3) is 0.154. The highest BCUT2D eigenvalue weighted by Crippen LogP contribution is 2.06. The van der Waals surface area contributed by atoms with Crippen LogP contribution in [0.25, 0.3) is 23.1 Å². The maximum atomic E-state index is 4.12. The molecular weight excluding hydrogens is 184 g/mol. The van der Waals surface area contributed by atoms with E-state index in [1.807, 2.05) is 12.4 Å². The van der Waals surface area contributed by atoms with Crippen LogP contribution in [0.1, 0.15) is 8.35 Å². The minimum atomic E-state index is 0. The molecule has 1 aliphatic carbocycles. The molecule has 0 fully saturated rings. The molecule has 2 heterocycles. The van der Waals surface area contributed by atoms with Crippen molar-refractivity contribution in [2.45, 2.75) is 6.92 Å². The second kappa shape index (κ2) is 3.09. The van der Waals surface area contributed by atoms with Crippen LogP contribution in [0.3, 0.4) is 0 Å². The van der Waals surface area contributed by atoms with E-state index in [1.165, 1.54) is 16.0 Å². The van der Waals surface area contributed by atoms with Gasteiger partial charge in [-0.15, -0.1) is 0 Å². The molecule has 0 saturated heterocycles. The Hall–Kier alpha value is -1.83. The molecule has 2 nitrogen and oxygen atoms in total. The topological polar surface area (TPSA) is 28.7 Å². The zero-order valence-electron chi connectivity index (χ0n) is 8.57. The molecule has 0 radical (unpaired) electrons. The van der Waals surface area contributed by atoms with Crippen molar-refractivity contribution in [3.8, 4) is 0 Å². The summed E-state index contributed by atoms with van der Waals surface area (Å²) >= 11 is 0. The number of hydrogen-bond acceptors (Lipinski definition) is 1. The van der Waals surface area contributed by atoms with Crippen molar-refractivity contribution >= 4 is 23.1 Å². The first-order chi connectivity index (χ1) is 7.34. The number of pyridine rings is 1. The smallest absolute Gasteiger partial charge is 0.0651 e. The maximum Gasteiger partial charge on any atom is 0.0651 e. The van der Waals surface area contributed by atoms with Crippen molar-refractivity contribution in [2.75, 3.05) is 0 Å². The van der Waals surface area contributed by atoms with E-state index < -0.39 is 0 Å². The molecule has 2 aromatic heterocycles. The number of H-pyrrole nitrogens is 1. The van der Waals surface area contributed by atoms with E-state index in [0.29, 0.717) is 5.92 Å². The molecule has 0 aliphatic heterocycles. The summed E-state index contributed by atoms with van der Waals surface area (Å²) in [5, 5.41) is 3.73. The number of rotatable bonds is 0. The van der Waals surface area contributed by atoms with Crippen molar-refractivity contribution < 1.29 is 1.43 Å². The molecule has 2 heteroatoms. The summed E-state index contributed by atoms with van der Waals surface area (Å²) in [5.74, 6) is 0.481. The van der Waals surface area contributed by atoms with Gasteiger partial charge in [-0.05, 0) is 18.1 Å². The highest BCUT2D eigenvalue weighted by Gasteiger charge is 2.02. The summed E-state index contributed by atoms with van der Waals surface area (Å²) in [7, 11) is 0. The van der Waals surface area contributed by atoms with Crippen LogP contribution in [-0.2, 0) is 0 Å². The van der Waals surface area contributed by atoms with Crippen molar-refractivity contribution in [3.05, 3.63) is 41.2 Å². The van der Waals surface area contributed by atoms with Crippen molar-refractivity contribution in [2.24, 2.45) is 5.92 Å². The van der Waals surface area contributed by atoms with Crippen LogP contribution in [-0.4, -0.2) is 9.97 Å². The molecular formula is C13H14N2. The zero-order chi connectivity index (χ0) is 10.3. The Labute approximate surface area is 89.1 Å². The predicted molar refractivity (Wildman–Crippen MR) is 64.7 cm³/mol. The lowest BCUT2D eigenvalue weighted by molar-refractivity contribution is 0.999. The Morgan fingerprint density at radius 2 is 2.40 bits per heavy atom. The monoisotopic (exact) mass is 198 g/mol. The molecule has 1 atom stereocenters. The van der Waals surface area contributed by atoms with E-state index >= 15 is 0 Å². The summed E-state index contributed by atoms with van der Waals surface area (Å²) in [6, 6.07) is 2.06. The Balaban J connectivity index is 0.000000963. The van der Waals surface area contributed by atoms with Crippen LogP contribution < -0.4 is 10.6 Å². The summed E-state index contributed by atoms with van der Waals surface area (Å²) in [6.07, 6.45) is 12.4. The van der Waals surface area contributed by atoms with Gasteiger partial charge in [0.25, 0.3) is 0 Å². The van der Waals surface area contributed by atoms with E-state index in [4.69, 9.17) is 0 Å². The van der Waals surface area contributed by atoms with E-state index in [1.54, 1.807) is 0 Å². The van der Waals surface area contributed by atoms with Gasteiger partial charge in [0.15, 0.2) is 0 Å². The first kappa shape index (κ1) is 8.48. The van der Waals surface area contributed by atoms with Crippen LogP contribution in [0.15, 0.2) is 30.6 Å². The van der Waals surface area contributed by atoms with Gasteiger partial charge in [0.05, 0.1) is 11.7 Å². The van der Waals surface area contributed by atoms with Crippen LogP contribution in [0.4, 0.5) is 0 Å². The van der Waals surface area contributed by atoms with Crippen LogP contribution in [0, 0.1) is 5.92 Å². The number of nitrogens with zero attached hydrogens (tertiary/aromatic N) is 1. The number of aromatic nitrogens is 2. The van der Waals surface area contributed by atoms with Gasteiger partial charge in [-0.3, -0.25) is 4.98 Å². The van der Waals surface area contributed by atoms with Gasteiger partial charge in [-0.2, -0.15) is 0 Å². The molecule has 0 amide bonds. The van der Waals surface area contributed by atoms with Crippen LogP contribution in [0.2, 0.25) is 0 Å². The molecule has 0 aromatic carbocycles. The molecule has 2 aromatic rings. The number of aromatic amines is 1. The third kappa shape index (κ3) is 1.30. The maximum absolute atomic E-state index is 4.12. The molecule has 0 spiro atoms. The van der Waals surface area contributed by atoms with Gasteiger partial charge in [-0.25, -0.2) is 0 Å². The quantitative estimate of drug-likeness (QED) is 0.684. The molecule has 3 rings (SSSR count). The van der Waals surface area contributed by atoms with Gasteiger partial charge in [0.1, 0.15) is 0 Å². The summed E-state index contributed by atoms with van der Waals surface area (Å²) in [4.78, 5) is 7.50. The van der Waals surface area contributed by atoms with Crippen LogP contribution >= 0.6 is 0 Å². The lowest BCUT2D eigenvalue weighted by Crippen LogP contribution is -2.22. The highest BCUT2D eigenvalue weighted by molar-refractivity contribution is 5.80. The Bertz CT molecular complexity index is 652. The third-order valence-corrected chi connectivity index (χ3v) is 2.78. The largest absolute Gasteiger partial charge is 0.353 e. The Kier molecular flexibility index (Phi) is 1.75. The van der Waals surface area contributed by atoms with Crippen molar-refractivity contribution in [1.29, 1.82) is 0 Å². The van der Waals surface area contributed by atoms with Gasteiger partial charge in [0.2, 0.25) is 0 Å². The minimum Gasteiger partial charge on any atom is -0.353 e. The summed E-state index contributed by atoms with van der Waals surface area (Å²) in [6.45, 7) is 2.19. The molecule has 1 aliphatic rings. The minimum absolute atomic E-state index is 0. The molecule has 1 unspecified atom stereocenters. The third-order valence-electron chi connectivity index (χ3n) is 2.78. The SMILES string of the molecule is CC1C=CC=c2[nH]c3cnccc3c2=C1.[HH]. The highest BCUT2D eigenvalue weighted by atomic mass is 14.7. The standard InChI is InChI=1S/C13H12N2.H2/c1-9-3-2-4-12-11(7-9)10-5-6-14-8-13(10)15-12;/h2-9,15H,1H3;1H. The number of allylic oxidation sites excluding steroid dienone is 2. The Morgan fingerprint density at radius 1 is 1.47 bits per heavy atom. The summed E-state index contributed by atoms with van der Waals surface area (Å²) < 4.78 is 0. The van der Waals surface area contributed by atoms with E-state index in [9.17, 15) is 0 Å². The predicted octanol–water partition coefficient (Wildman–Crippen LogP) is 1.58. The van der Waals surface area contributed by atoms with Crippen molar-refractivity contribution in [3.63, 3.8) is 0 Å². The fourth-order valence-electron chi connectivity index (χ4n) is 2.04. The molecule has 0 saturated carbocycles. The molecule has 1 N–H and O–H groups in total. The average Bonchev–Trinajstić information content (AvgIpc) is 2.47. The van der Waals surface area contributed by atoms with E-state index in [0.717, 1.165) is 5.52 Å². The van der Waals surface area contributed by atoms with Gasteiger partial charge < -0.3 is 4.98 Å². The first-order valence-electron chi connectivity index (χ1n) is 5.17. The normalized spacial score (nSPS) is 19.1. The van der Waals surface area contributed by atoms with E-state index in [2.05, 4.69) is 47.3 Å². The average molecular weight is 198 g/mol. The fourth-order valence-corrected chi connectivity index (χ4v) is 2.04. The van der Waals surface area contributed by atoms with Gasteiger partial charge in [-0.1, -0.05) is 25.2 Å². The Morgan fingerprint density at radius 3 is 3.33 bits per heavy atom. The van der Waals surface area contributed by atoms with Gasteiger partial charge >= 0.3 is 0 Å². The van der Waals surface area contributed by atoms with Gasteiger partial charge in [0, 0.05) is 23.6 Å². The molecule has 15 heavy (non-hydrogen) atoms. The molecule has 0 bridgehead atoms. The lowest BCUT2D eigenvalue weighted by atomic mass is 10.1. The second-order valence-electron chi connectivity index (χ2n) is 3.95. The van der Waals surface area contributed by atoms with Crippen molar-refractivity contribution in [1.82, 2.24) is 9.97 Å². The number of nitrogens with one attached hydrogen (secondary N) is 1. The zero-order valence-corrected chi connectivity index (χ0v) is 8.57. The first-order valence-corrected chi connectivity index (χ1v) is 5.17. The summed E-state index contributed by atoms with van der Waals surface area (Å²) in [5.41, 5.74) is 1.11. The number of hydrogen-bond donors (Lipinski definition) is 1. The van der Waals surface area contributed by atoms with Crippen LogP contribution in [0.5, 0.6) is 0 Å². The lowest BCUT2D eigenvalue weighted by Gasteiger charge is -1.93. The van der Waals surface area contributed by atoms with E-state index in [-0.39, 0.29) is 1.43 Å². The number of fused-ring (bicyclic) bond motifs is 3. The second-order valence-corrected chi connectivity index (χ2v) is 3.95. The molecule has 76 valence electrons.